The fourth-order valence-electron chi connectivity index (χ4n) is 3.99. The standard InChI is InChI=1S/C32H36.C3H8/c1-8-25-16-29(27-13-11-10-12-14-27)20-30(17-25)32-19-28(23(5)6)18-31(21-32)26(9-2)15-24(7)22(3)4;1-3-2/h8,11,13-21,23H,1,3,7,9-10,12H2,2,4-6H3;3H2,1-2H3/b26-15+;. The fraction of sp³-hybridized carbons (Fsp3) is 0.314. The van der Waals surface area contributed by atoms with E-state index in [4.69, 9.17) is 0 Å². The van der Waals surface area contributed by atoms with Crippen LogP contribution in [0, 0.1) is 0 Å². The molecule has 0 fully saturated rings. The molecule has 184 valence electrons. The molecular weight excluding hydrogens is 420 g/mol. The lowest BCUT2D eigenvalue weighted by Crippen LogP contribution is -1.95. The topological polar surface area (TPSA) is 0 Å². The van der Waals surface area contributed by atoms with Crippen molar-refractivity contribution in [1.82, 2.24) is 0 Å². The van der Waals surface area contributed by atoms with Gasteiger partial charge in [-0.3, -0.25) is 0 Å². The number of hydrogen-bond donors (Lipinski definition) is 0. The molecule has 0 saturated heterocycles. The first kappa shape index (κ1) is 28.1. The fourth-order valence-corrected chi connectivity index (χ4v) is 3.99. The lowest BCUT2D eigenvalue weighted by atomic mass is 9.88. The average Bonchev–Trinajstić information content (AvgIpc) is 2.87. The van der Waals surface area contributed by atoms with Gasteiger partial charge in [-0.25, -0.2) is 0 Å². The van der Waals surface area contributed by atoms with Gasteiger partial charge in [0.05, 0.1) is 0 Å². The molecule has 0 N–H and O–H groups in total. The third-order valence-corrected chi connectivity index (χ3v) is 6.12. The Morgan fingerprint density at radius 1 is 0.914 bits per heavy atom. The Morgan fingerprint density at radius 3 is 2.11 bits per heavy atom. The van der Waals surface area contributed by atoms with E-state index in [2.05, 4.69) is 115 Å². The van der Waals surface area contributed by atoms with Gasteiger partial charge in [0.15, 0.2) is 0 Å². The Balaban J connectivity index is 0.00000137. The smallest absolute Gasteiger partial charge is 0.0172 e. The van der Waals surface area contributed by atoms with Crippen molar-refractivity contribution in [2.24, 2.45) is 0 Å². The van der Waals surface area contributed by atoms with E-state index >= 15 is 0 Å². The van der Waals surface area contributed by atoms with Gasteiger partial charge in [0.2, 0.25) is 0 Å². The van der Waals surface area contributed by atoms with Gasteiger partial charge in [0.1, 0.15) is 0 Å². The van der Waals surface area contributed by atoms with E-state index in [0.29, 0.717) is 5.92 Å². The van der Waals surface area contributed by atoms with E-state index in [-0.39, 0.29) is 0 Å². The summed E-state index contributed by atoms with van der Waals surface area (Å²) in [5, 5.41) is 0. The van der Waals surface area contributed by atoms with Crippen LogP contribution in [0.3, 0.4) is 0 Å². The molecule has 0 heteroatoms. The molecule has 1 aliphatic rings. The number of allylic oxidation sites excluding steroid dienone is 8. The van der Waals surface area contributed by atoms with E-state index in [1.165, 1.54) is 45.4 Å². The van der Waals surface area contributed by atoms with Crippen LogP contribution in [0.25, 0.3) is 28.3 Å². The van der Waals surface area contributed by atoms with E-state index in [9.17, 15) is 0 Å². The molecule has 35 heavy (non-hydrogen) atoms. The largest absolute Gasteiger partial charge is 0.0985 e. The van der Waals surface area contributed by atoms with Crippen molar-refractivity contribution in [2.75, 3.05) is 0 Å². The second-order valence-corrected chi connectivity index (χ2v) is 9.72. The van der Waals surface area contributed by atoms with Crippen LogP contribution in [0.2, 0.25) is 0 Å². The van der Waals surface area contributed by atoms with Gasteiger partial charge in [-0.1, -0.05) is 109 Å². The van der Waals surface area contributed by atoms with Crippen molar-refractivity contribution < 1.29 is 0 Å². The van der Waals surface area contributed by atoms with E-state index in [1.807, 2.05) is 13.0 Å². The molecule has 0 radical (unpaired) electrons. The molecule has 0 atom stereocenters. The normalized spacial score (nSPS) is 13.1. The molecule has 0 aliphatic heterocycles. The highest BCUT2D eigenvalue weighted by atomic mass is 14.2. The van der Waals surface area contributed by atoms with Gasteiger partial charge in [-0.05, 0) is 106 Å². The molecule has 0 bridgehead atoms. The van der Waals surface area contributed by atoms with Crippen LogP contribution < -0.4 is 0 Å². The molecule has 0 aromatic heterocycles. The van der Waals surface area contributed by atoms with Crippen LogP contribution in [-0.2, 0) is 0 Å². The number of hydrogen-bond acceptors (Lipinski definition) is 0. The van der Waals surface area contributed by atoms with Crippen molar-refractivity contribution in [1.29, 1.82) is 0 Å². The number of rotatable bonds is 8. The highest BCUT2D eigenvalue weighted by Gasteiger charge is 2.12. The van der Waals surface area contributed by atoms with Crippen LogP contribution in [0.5, 0.6) is 0 Å². The third-order valence-electron chi connectivity index (χ3n) is 6.12. The Morgan fingerprint density at radius 2 is 1.57 bits per heavy atom. The Kier molecular flexibility index (Phi) is 11.0. The summed E-state index contributed by atoms with van der Waals surface area (Å²) >= 11 is 0. The summed E-state index contributed by atoms with van der Waals surface area (Å²) in [6.45, 7) is 25.3. The minimum absolute atomic E-state index is 0.446. The van der Waals surface area contributed by atoms with Gasteiger partial charge in [0.25, 0.3) is 0 Å². The monoisotopic (exact) mass is 464 g/mol. The van der Waals surface area contributed by atoms with Gasteiger partial charge < -0.3 is 0 Å². The summed E-state index contributed by atoms with van der Waals surface area (Å²) in [7, 11) is 0. The molecule has 0 amide bonds. The predicted molar refractivity (Wildman–Crippen MR) is 161 cm³/mol. The van der Waals surface area contributed by atoms with Crippen molar-refractivity contribution in [3.8, 4) is 11.1 Å². The molecule has 0 nitrogen and oxygen atoms in total. The zero-order chi connectivity index (χ0) is 26.0. The minimum atomic E-state index is 0.446. The maximum absolute atomic E-state index is 4.19. The molecule has 2 aromatic carbocycles. The van der Waals surface area contributed by atoms with Crippen LogP contribution in [0.4, 0.5) is 0 Å². The zero-order valence-electron chi connectivity index (χ0n) is 22.9. The van der Waals surface area contributed by atoms with Gasteiger partial charge in [-0.15, -0.1) is 0 Å². The summed E-state index contributed by atoms with van der Waals surface area (Å²) in [6, 6.07) is 13.8. The minimum Gasteiger partial charge on any atom is -0.0985 e. The molecule has 2 aromatic rings. The second-order valence-electron chi connectivity index (χ2n) is 9.72. The molecular formula is C35H44. The first-order valence-electron chi connectivity index (χ1n) is 13.1. The quantitative estimate of drug-likeness (QED) is 0.341. The van der Waals surface area contributed by atoms with Gasteiger partial charge in [0, 0.05) is 0 Å². The average molecular weight is 465 g/mol. The lowest BCUT2D eigenvalue weighted by molar-refractivity contribution is 0.866. The molecule has 0 spiro atoms. The van der Waals surface area contributed by atoms with Crippen LogP contribution in [0.15, 0.2) is 91.6 Å². The van der Waals surface area contributed by atoms with Crippen molar-refractivity contribution in [2.45, 2.75) is 73.1 Å². The summed E-state index contributed by atoms with van der Waals surface area (Å²) in [6.07, 6.45) is 15.4. The second kappa shape index (κ2) is 13.7. The van der Waals surface area contributed by atoms with Gasteiger partial charge in [-0.2, -0.15) is 0 Å². The molecule has 0 heterocycles. The molecule has 0 unspecified atom stereocenters. The maximum Gasteiger partial charge on any atom is -0.0172 e. The zero-order valence-corrected chi connectivity index (χ0v) is 22.9. The Bertz CT molecular complexity index is 1140. The summed E-state index contributed by atoms with van der Waals surface area (Å²) in [5.41, 5.74) is 12.1. The van der Waals surface area contributed by atoms with E-state index < -0.39 is 0 Å². The molecule has 0 saturated carbocycles. The van der Waals surface area contributed by atoms with Crippen molar-refractivity contribution in [3.05, 3.63) is 114 Å². The number of benzene rings is 2. The summed E-state index contributed by atoms with van der Waals surface area (Å²) in [4.78, 5) is 0. The third kappa shape index (κ3) is 7.96. The summed E-state index contributed by atoms with van der Waals surface area (Å²) < 4.78 is 0. The van der Waals surface area contributed by atoms with Gasteiger partial charge >= 0.3 is 0 Å². The highest BCUT2D eigenvalue weighted by Crippen LogP contribution is 2.34. The Hall–Kier alpha value is -3.12. The van der Waals surface area contributed by atoms with Crippen LogP contribution >= 0.6 is 0 Å². The van der Waals surface area contributed by atoms with Crippen molar-refractivity contribution >= 4 is 17.2 Å². The van der Waals surface area contributed by atoms with Crippen LogP contribution in [0.1, 0.15) is 95.4 Å². The Labute approximate surface area is 215 Å². The van der Waals surface area contributed by atoms with Crippen LogP contribution in [-0.4, -0.2) is 0 Å². The lowest BCUT2D eigenvalue weighted by Gasteiger charge is -2.16. The van der Waals surface area contributed by atoms with Crippen molar-refractivity contribution in [3.63, 3.8) is 0 Å². The maximum atomic E-state index is 4.19. The predicted octanol–water partition coefficient (Wildman–Crippen LogP) is 11.2. The molecule has 1 aliphatic carbocycles. The molecule has 3 rings (SSSR count). The highest BCUT2D eigenvalue weighted by molar-refractivity contribution is 5.82. The summed E-state index contributed by atoms with van der Waals surface area (Å²) in [5.74, 6) is 0.446. The van der Waals surface area contributed by atoms with E-state index in [0.717, 1.165) is 36.0 Å². The SMILES string of the molecule is C=Cc1cc(C2=CCCC=C2)cc(-c2cc(/C(=C/C(=C)C(=C)C)CC)cc(C(C)C)c2)c1.CCC. The first-order valence-corrected chi connectivity index (χ1v) is 13.1. The van der Waals surface area contributed by atoms with E-state index in [1.54, 1.807) is 0 Å². The first-order chi connectivity index (χ1) is 16.7.